The molecule has 1 aromatic heterocycles. The van der Waals surface area contributed by atoms with Crippen molar-refractivity contribution in [2.75, 3.05) is 0 Å². The Morgan fingerprint density at radius 1 is 1.29 bits per heavy atom. The first-order valence-electron chi connectivity index (χ1n) is 4.93. The Morgan fingerprint density at radius 3 is 2.71 bits per heavy atom. The summed E-state index contributed by atoms with van der Waals surface area (Å²) in [5, 5.41) is 12.7. The monoisotopic (exact) mass is 290 g/mol. The predicted octanol–water partition coefficient (Wildman–Crippen LogP) is 4.47. The Kier molecular flexibility index (Phi) is 4.05. The summed E-state index contributed by atoms with van der Waals surface area (Å²) in [6.45, 7) is 0. The van der Waals surface area contributed by atoms with Gasteiger partial charge in [-0.1, -0.05) is 23.2 Å². The minimum atomic E-state index is -0.810. The van der Waals surface area contributed by atoms with Crippen LogP contribution >= 0.6 is 34.5 Å². The van der Waals surface area contributed by atoms with Gasteiger partial charge in [0.15, 0.2) is 0 Å². The normalized spacial score (nSPS) is 12.7. The molecule has 0 saturated carbocycles. The Balaban J connectivity index is 2.21. The van der Waals surface area contributed by atoms with E-state index in [0.29, 0.717) is 20.5 Å². The fourth-order valence-electron chi connectivity index (χ4n) is 1.54. The number of thiophene rings is 1. The molecule has 1 unspecified atom stereocenters. The molecule has 1 N–H and O–H groups in total. The molecule has 0 spiro atoms. The van der Waals surface area contributed by atoms with E-state index in [9.17, 15) is 9.50 Å². The number of hydrogen-bond acceptors (Lipinski definition) is 2. The van der Waals surface area contributed by atoms with Crippen molar-refractivity contribution in [3.63, 3.8) is 0 Å². The molecule has 1 heterocycles. The van der Waals surface area contributed by atoms with Gasteiger partial charge in [0, 0.05) is 11.4 Å². The predicted molar refractivity (Wildman–Crippen MR) is 69.4 cm³/mol. The van der Waals surface area contributed by atoms with Gasteiger partial charge in [0.1, 0.15) is 5.82 Å². The molecule has 0 aliphatic heterocycles. The van der Waals surface area contributed by atoms with Crippen LogP contribution in [0, 0.1) is 5.82 Å². The van der Waals surface area contributed by atoms with E-state index in [1.165, 1.54) is 29.5 Å². The lowest BCUT2D eigenvalue weighted by Crippen LogP contribution is -2.02. The SMILES string of the molecule is OC(Cc1cc(Cl)ccc1F)c1sccc1Cl. The van der Waals surface area contributed by atoms with Crippen LogP contribution in [-0.4, -0.2) is 5.11 Å². The average Bonchev–Trinajstić information content (AvgIpc) is 2.70. The van der Waals surface area contributed by atoms with E-state index in [1.807, 2.05) is 0 Å². The first kappa shape index (κ1) is 12.8. The molecule has 1 nitrogen and oxygen atoms in total. The highest BCUT2D eigenvalue weighted by Crippen LogP contribution is 2.31. The van der Waals surface area contributed by atoms with Crippen LogP contribution < -0.4 is 0 Å². The summed E-state index contributed by atoms with van der Waals surface area (Å²) in [5.74, 6) is -0.374. The number of aliphatic hydroxyl groups excluding tert-OH is 1. The van der Waals surface area contributed by atoms with Crippen molar-refractivity contribution in [3.8, 4) is 0 Å². The van der Waals surface area contributed by atoms with E-state index < -0.39 is 6.10 Å². The molecule has 0 aliphatic carbocycles. The quantitative estimate of drug-likeness (QED) is 0.884. The Hall–Kier alpha value is -0.610. The molecule has 0 bridgehead atoms. The van der Waals surface area contributed by atoms with E-state index in [2.05, 4.69) is 0 Å². The van der Waals surface area contributed by atoms with Crippen molar-refractivity contribution in [3.05, 3.63) is 55.9 Å². The molecule has 1 aromatic carbocycles. The van der Waals surface area contributed by atoms with E-state index in [1.54, 1.807) is 11.4 Å². The maximum absolute atomic E-state index is 13.5. The third kappa shape index (κ3) is 2.99. The molecular weight excluding hydrogens is 282 g/mol. The van der Waals surface area contributed by atoms with Crippen LogP contribution in [-0.2, 0) is 6.42 Å². The Labute approximate surface area is 112 Å². The fourth-order valence-corrected chi connectivity index (χ4v) is 2.91. The van der Waals surface area contributed by atoms with Gasteiger partial charge < -0.3 is 5.11 Å². The second-order valence-corrected chi connectivity index (χ2v) is 5.38. The van der Waals surface area contributed by atoms with Crippen LogP contribution in [0.15, 0.2) is 29.6 Å². The van der Waals surface area contributed by atoms with Crippen molar-refractivity contribution in [2.24, 2.45) is 0 Å². The van der Waals surface area contributed by atoms with Crippen LogP contribution in [0.3, 0.4) is 0 Å². The highest BCUT2D eigenvalue weighted by molar-refractivity contribution is 7.10. The van der Waals surface area contributed by atoms with Crippen LogP contribution in [0.1, 0.15) is 16.5 Å². The molecule has 1 atom stereocenters. The first-order valence-corrected chi connectivity index (χ1v) is 6.56. The van der Waals surface area contributed by atoms with Gasteiger partial charge in [-0.2, -0.15) is 0 Å². The summed E-state index contributed by atoms with van der Waals surface area (Å²) in [4.78, 5) is 0.644. The molecule has 2 rings (SSSR count). The Bertz CT molecular complexity index is 527. The van der Waals surface area contributed by atoms with Crippen LogP contribution in [0.4, 0.5) is 4.39 Å². The number of halogens is 3. The van der Waals surface area contributed by atoms with Crippen molar-refractivity contribution >= 4 is 34.5 Å². The van der Waals surface area contributed by atoms with Crippen LogP contribution in [0.2, 0.25) is 10.0 Å². The van der Waals surface area contributed by atoms with E-state index in [0.717, 1.165) is 0 Å². The van der Waals surface area contributed by atoms with Gasteiger partial charge >= 0.3 is 0 Å². The standard InChI is InChI=1S/C12H9Cl2FOS/c13-8-1-2-10(15)7(5-8)6-11(16)12-9(14)3-4-17-12/h1-5,11,16H,6H2. The van der Waals surface area contributed by atoms with Gasteiger partial charge in [-0.25, -0.2) is 4.39 Å². The second kappa shape index (κ2) is 5.36. The fraction of sp³-hybridized carbons (Fsp3) is 0.167. The minimum Gasteiger partial charge on any atom is -0.387 e. The first-order chi connectivity index (χ1) is 8.08. The third-order valence-corrected chi connectivity index (χ3v) is 4.06. The molecule has 0 aliphatic rings. The van der Waals surface area contributed by atoms with Crippen molar-refractivity contribution < 1.29 is 9.50 Å². The summed E-state index contributed by atoms with van der Waals surface area (Å²) in [5.41, 5.74) is 0.384. The van der Waals surface area contributed by atoms with Gasteiger partial charge in [0.2, 0.25) is 0 Å². The molecule has 2 aromatic rings. The highest BCUT2D eigenvalue weighted by Gasteiger charge is 2.16. The van der Waals surface area contributed by atoms with Gasteiger partial charge in [-0.05, 0) is 35.2 Å². The molecular formula is C12H9Cl2FOS. The summed E-state index contributed by atoms with van der Waals surface area (Å²) in [6, 6.07) is 5.99. The maximum atomic E-state index is 13.5. The minimum absolute atomic E-state index is 0.159. The van der Waals surface area contributed by atoms with Crippen molar-refractivity contribution in [2.45, 2.75) is 12.5 Å². The van der Waals surface area contributed by atoms with E-state index in [-0.39, 0.29) is 12.2 Å². The molecule has 17 heavy (non-hydrogen) atoms. The highest BCUT2D eigenvalue weighted by atomic mass is 35.5. The topological polar surface area (TPSA) is 20.2 Å². The van der Waals surface area contributed by atoms with Crippen LogP contribution in [0.5, 0.6) is 0 Å². The van der Waals surface area contributed by atoms with Gasteiger partial charge in [0.25, 0.3) is 0 Å². The summed E-state index contributed by atoms with van der Waals surface area (Å²) < 4.78 is 13.5. The Morgan fingerprint density at radius 2 is 2.06 bits per heavy atom. The molecule has 0 saturated heterocycles. The molecule has 5 heteroatoms. The van der Waals surface area contributed by atoms with Crippen molar-refractivity contribution in [1.82, 2.24) is 0 Å². The number of aliphatic hydroxyl groups is 1. The van der Waals surface area contributed by atoms with E-state index in [4.69, 9.17) is 23.2 Å². The number of benzene rings is 1. The molecule has 0 radical (unpaired) electrons. The zero-order valence-corrected chi connectivity index (χ0v) is 11.0. The van der Waals surface area contributed by atoms with Crippen molar-refractivity contribution in [1.29, 1.82) is 0 Å². The van der Waals surface area contributed by atoms with E-state index >= 15 is 0 Å². The lowest BCUT2D eigenvalue weighted by molar-refractivity contribution is 0.181. The second-order valence-electron chi connectivity index (χ2n) is 3.59. The summed E-state index contributed by atoms with van der Waals surface area (Å²) in [6.07, 6.45) is -0.650. The smallest absolute Gasteiger partial charge is 0.126 e. The molecule has 0 fully saturated rings. The zero-order chi connectivity index (χ0) is 12.4. The number of hydrogen-bond donors (Lipinski definition) is 1. The molecule has 0 amide bonds. The van der Waals surface area contributed by atoms with Gasteiger partial charge in [-0.15, -0.1) is 11.3 Å². The largest absolute Gasteiger partial charge is 0.387 e. The zero-order valence-electron chi connectivity index (χ0n) is 8.66. The van der Waals surface area contributed by atoms with Crippen LogP contribution in [0.25, 0.3) is 0 Å². The summed E-state index contributed by atoms with van der Waals surface area (Å²) >= 11 is 13.0. The van der Waals surface area contributed by atoms with Gasteiger partial charge in [-0.3, -0.25) is 0 Å². The maximum Gasteiger partial charge on any atom is 0.126 e. The number of rotatable bonds is 3. The third-order valence-electron chi connectivity index (χ3n) is 2.37. The van der Waals surface area contributed by atoms with Gasteiger partial charge in [0.05, 0.1) is 16.0 Å². The molecule has 90 valence electrons. The summed E-state index contributed by atoms with van der Waals surface area (Å²) in [7, 11) is 0. The lowest BCUT2D eigenvalue weighted by atomic mass is 10.1. The lowest BCUT2D eigenvalue weighted by Gasteiger charge is -2.10. The average molecular weight is 291 g/mol.